The lowest BCUT2D eigenvalue weighted by Gasteiger charge is -2.19. The summed E-state index contributed by atoms with van der Waals surface area (Å²) in [4.78, 5) is 12.5. The maximum atomic E-state index is 13.0. The van der Waals surface area contributed by atoms with Crippen molar-refractivity contribution < 1.29 is 13.9 Å². The first-order valence-corrected chi connectivity index (χ1v) is 7.06. The third-order valence-electron chi connectivity index (χ3n) is 4.00. The second-order valence-electron chi connectivity index (χ2n) is 5.50. The topological polar surface area (TPSA) is 64.3 Å². The van der Waals surface area contributed by atoms with Gasteiger partial charge in [0, 0.05) is 11.8 Å². The van der Waals surface area contributed by atoms with Crippen molar-refractivity contribution in [2.45, 2.75) is 18.4 Å². The molecule has 0 unspecified atom stereocenters. The van der Waals surface area contributed by atoms with E-state index in [1.165, 1.54) is 12.1 Å². The van der Waals surface area contributed by atoms with Crippen LogP contribution in [0.25, 0.3) is 0 Å². The number of nitrogens with two attached hydrogens (primary N) is 1. The molecule has 2 aromatic carbocycles. The molecule has 22 heavy (non-hydrogen) atoms. The van der Waals surface area contributed by atoms with E-state index >= 15 is 0 Å². The third kappa shape index (κ3) is 2.62. The number of hydrogen-bond acceptors (Lipinski definition) is 3. The van der Waals surface area contributed by atoms with Gasteiger partial charge in [0.1, 0.15) is 11.6 Å². The molecule has 0 bridgehead atoms. The van der Waals surface area contributed by atoms with E-state index in [1.807, 2.05) is 0 Å². The molecule has 0 aliphatic heterocycles. The monoisotopic (exact) mass is 300 g/mol. The molecule has 0 radical (unpaired) electrons. The predicted molar refractivity (Wildman–Crippen MR) is 82.2 cm³/mol. The van der Waals surface area contributed by atoms with Gasteiger partial charge in [-0.3, -0.25) is 4.79 Å². The molecule has 0 atom stereocenters. The normalized spacial score (nSPS) is 15.2. The molecule has 3 N–H and O–H groups in total. The molecule has 114 valence electrons. The molecular formula is C17H17FN2O2. The van der Waals surface area contributed by atoms with Crippen molar-refractivity contribution in [3.63, 3.8) is 0 Å². The molecule has 1 aliphatic carbocycles. The van der Waals surface area contributed by atoms with E-state index in [9.17, 15) is 9.18 Å². The van der Waals surface area contributed by atoms with E-state index in [0.29, 0.717) is 17.0 Å². The van der Waals surface area contributed by atoms with Crippen LogP contribution in [-0.2, 0) is 5.54 Å². The molecule has 3 rings (SSSR count). The average Bonchev–Trinajstić information content (AvgIpc) is 3.28. The first-order chi connectivity index (χ1) is 10.5. The largest absolute Gasteiger partial charge is 0.497 e. The van der Waals surface area contributed by atoms with Crippen molar-refractivity contribution in [2.24, 2.45) is 0 Å². The van der Waals surface area contributed by atoms with Crippen molar-refractivity contribution in [2.75, 3.05) is 12.8 Å². The number of benzene rings is 2. The van der Waals surface area contributed by atoms with E-state index in [-0.39, 0.29) is 11.7 Å². The van der Waals surface area contributed by atoms with Gasteiger partial charge < -0.3 is 15.8 Å². The van der Waals surface area contributed by atoms with Gasteiger partial charge in [-0.1, -0.05) is 12.1 Å². The highest BCUT2D eigenvalue weighted by Crippen LogP contribution is 2.45. The van der Waals surface area contributed by atoms with Crippen molar-refractivity contribution >= 4 is 11.6 Å². The summed E-state index contributed by atoms with van der Waals surface area (Å²) in [6.07, 6.45) is 1.67. The van der Waals surface area contributed by atoms with Crippen LogP contribution in [0.15, 0.2) is 42.5 Å². The van der Waals surface area contributed by atoms with Gasteiger partial charge in [0.05, 0.1) is 18.2 Å². The standard InChI is InChI=1S/C17H17FN2O2/c1-22-13-6-7-14(15(19)10-13)16(21)20-17(8-9-17)11-2-4-12(18)5-3-11/h2-7,10H,8-9,19H2,1H3,(H,20,21). The molecule has 0 spiro atoms. The first kappa shape index (κ1) is 14.4. The minimum absolute atomic E-state index is 0.234. The van der Waals surface area contributed by atoms with Crippen molar-refractivity contribution in [1.82, 2.24) is 5.32 Å². The summed E-state index contributed by atoms with van der Waals surface area (Å²) in [5.74, 6) is 0.0842. The van der Waals surface area contributed by atoms with Crippen LogP contribution in [0.3, 0.4) is 0 Å². The number of anilines is 1. The smallest absolute Gasteiger partial charge is 0.254 e. The quantitative estimate of drug-likeness (QED) is 0.853. The fourth-order valence-corrected chi connectivity index (χ4v) is 2.54. The average molecular weight is 300 g/mol. The van der Waals surface area contributed by atoms with Gasteiger partial charge in [-0.2, -0.15) is 0 Å². The first-order valence-electron chi connectivity index (χ1n) is 7.06. The Morgan fingerprint density at radius 1 is 1.23 bits per heavy atom. The summed E-state index contributed by atoms with van der Waals surface area (Å²) in [5, 5.41) is 3.02. The van der Waals surface area contributed by atoms with Crippen LogP contribution in [0.4, 0.5) is 10.1 Å². The number of carbonyl (C=O) groups excluding carboxylic acids is 1. The van der Waals surface area contributed by atoms with Crippen LogP contribution in [-0.4, -0.2) is 13.0 Å². The second kappa shape index (κ2) is 5.33. The lowest BCUT2D eigenvalue weighted by Crippen LogP contribution is -2.35. The highest BCUT2D eigenvalue weighted by atomic mass is 19.1. The Morgan fingerprint density at radius 2 is 1.91 bits per heavy atom. The molecule has 0 aromatic heterocycles. The molecule has 4 nitrogen and oxygen atoms in total. The SMILES string of the molecule is COc1ccc(C(=O)NC2(c3ccc(F)cc3)CC2)c(N)c1. The van der Waals surface area contributed by atoms with E-state index < -0.39 is 5.54 Å². The fraction of sp³-hybridized carbons (Fsp3) is 0.235. The molecule has 0 saturated heterocycles. The lowest BCUT2D eigenvalue weighted by atomic mass is 10.0. The highest BCUT2D eigenvalue weighted by Gasteiger charge is 2.45. The van der Waals surface area contributed by atoms with Crippen LogP contribution < -0.4 is 15.8 Å². The summed E-state index contributed by atoms with van der Waals surface area (Å²) in [7, 11) is 1.54. The number of nitrogen functional groups attached to an aromatic ring is 1. The van der Waals surface area contributed by atoms with Crippen LogP contribution in [0, 0.1) is 5.82 Å². The molecule has 0 heterocycles. The molecule has 1 fully saturated rings. The van der Waals surface area contributed by atoms with Gasteiger partial charge in [0.25, 0.3) is 5.91 Å². The van der Waals surface area contributed by atoms with Crippen molar-refractivity contribution in [1.29, 1.82) is 0 Å². The molecule has 1 amide bonds. The fourth-order valence-electron chi connectivity index (χ4n) is 2.54. The number of amides is 1. The summed E-state index contributed by atoms with van der Waals surface area (Å²) in [6.45, 7) is 0. The zero-order valence-corrected chi connectivity index (χ0v) is 12.2. The second-order valence-corrected chi connectivity index (χ2v) is 5.50. The Morgan fingerprint density at radius 3 is 2.45 bits per heavy atom. The molecule has 5 heteroatoms. The number of rotatable bonds is 4. The van der Waals surface area contributed by atoms with Gasteiger partial charge in [-0.25, -0.2) is 4.39 Å². The van der Waals surface area contributed by atoms with E-state index in [4.69, 9.17) is 10.5 Å². The Labute approximate surface area is 128 Å². The third-order valence-corrected chi connectivity index (χ3v) is 4.00. The van der Waals surface area contributed by atoms with E-state index in [0.717, 1.165) is 18.4 Å². The minimum atomic E-state index is -0.406. The predicted octanol–water partition coefficient (Wildman–Crippen LogP) is 2.84. The zero-order chi connectivity index (χ0) is 15.7. The number of carbonyl (C=O) groups is 1. The maximum Gasteiger partial charge on any atom is 0.254 e. The molecule has 1 saturated carbocycles. The Hall–Kier alpha value is -2.56. The van der Waals surface area contributed by atoms with Gasteiger partial charge in [-0.15, -0.1) is 0 Å². The summed E-state index contributed by atoms with van der Waals surface area (Å²) >= 11 is 0. The minimum Gasteiger partial charge on any atom is -0.497 e. The number of hydrogen-bond donors (Lipinski definition) is 2. The Kier molecular flexibility index (Phi) is 3.48. The summed E-state index contributed by atoms with van der Waals surface area (Å²) in [5.41, 5.74) is 7.19. The van der Waals surface area contributed by atoms with Gasteiger partial charge in [0.2, 0.25) is 0 Å². The van der Waals surface area contributed by atoms with Crippen LogP contribution in [0.5, 0.6) is 5.75 Å². The molecular weight excluding hydrogens is 283 g/mol. The lowest BCUT2D eigenvalue weighted by molar-refractivity contribution is 0.0931. The number of methoxy groups -OCH3 is 1. The Balaban J connectivity index is 1.81. The van der Waals surface area contributed by atoms with Gasteiger partial charge in [-0.05, 0) is 42.7 Å². The van der Waals surface area contributed by atoms with Crippen molar-refractivity contribution in [3.05, 3.63) is 59.4 Å². The summed E-state index contributed by atoms with van der Waals surface area (Å²) in [6, 6.07) is 11.2. The maximum absolute atomic E-state index is 13.0. The number of ether oxygens (including phenoxy) is 1. The highest BCUT2D eigenvalue weighted by molar-refractivity contribution is 6.00. The Bertz CT molecular complexity index is 709. The molecule has 1 aliphatic rings. The van der Waals surface area contributed by atoms with E-state index in [2.05, 4.69) is 5.32 Å². The van der Waals surface area contributed by atoms with E-state index in [1.54, 1.807) is 37.4 Å². The summed E-state index contributed by atoms with van der Waals surface area (Å²) < 4.78 is 18.1. The van der Waals surface area contributed by atoms with Crippen LogP contribution in [0.2, 0.25) is 0 Å². The van der Waals surface area contributed by atoms with Crippen LogP contribution in [0.1, 0.15) is 28.8 Å². The number of nitrogens with one attached hydrogen (secondary N) is 1. The van der Waals surface area contributed by atoms with Crippen molar-refractivity contribution in [3.8, 4) is 5.75 Å². The molecule has 2 aromatic rings. The van der Waals surface area contributed by atoms with Gasteiger partial charge in [0.15, 0.2) is 0 Å². The van der Waals surface area contributed by atoms with Crippen LogP contribution >= 0.6 is 0 Å². The van der Waals surface area contributed by atoms with Gasteiger partial charge >= 0.3 is 0 Å². The zero-order valence-electron chi connectivity index (χ0n) is 12.2. The number of halogens is 1.